The zero-order chi connectivity index (χ0) is 19.7. The smallest absolute Gasteiger partial charge is 0.253 e. The molecular weight excluding hydrogens is 399 g/mol. The molecule has 1 aromatic heterocycles. The standard InChI is InChI=1S/C20H22Cl2N4O2/c21-15-3-1-14(2-4-15)20(28)25-9-7-24(8-10-25)17-12-26(13-18(17)27)19-11-16(22)5-6-23-19/h1-6,11,17-18,27H,7-10,12-13H2. The van der Waals surface area contributed by atoms with Crippen LogP contribution in [-0.2, 0) is 0 Å². The van der Waals surface area contributed by atoms with E-state index in [9.17, 15) is 9.90 Å². The van der Waals surface area contributed by atoms with Gasteiger partial charge in [0, 0.05) is 61.1 Å². The van der Waals surface area contributed by atoms with Gasteiger partial charge in [0.15, 0.2) is 0 Å². The van der Waals surface area contributed by atoms with Crippen LogP contribution in [0, 0.1) is 0 Å². The third kappa shape index (κ3) is 4.10. The molecule has 4 rings (SSSR count). The molecule has 28 heavy (non-hydrogen) atoms. The van der Waals surface area contributed by atoms with Crippen LogP contribution >= 0.6 is 23.2 Å². The van der Waals surface area contributed by atoms with Gasteiger partial charge >= 0.3 is 0 Å². The summed E-state index contributed by atoms with van der Waals surface area (Å²) in [6.07, 6.45) is 1.22. The van der Waals surface area contributed by atoms with Crippen molar-refractivity contribution in [2.45, 2.75) is 12.1 Å². The van der Waals surface area contributed by atoms with Gasteiger partial charge in [0.25, 0.3) is 5.91 Å². The number of halogens is 2. The monoisotopic (exact) mass is 420 g/mol. The van der Waals surface area contributed by atoms with Crippen LogP contribution < -0.4 is 4.90 Å². The summed E-state index contributed by atoms with van der Waals surface area (Å²) in [4.78, 5) is 23.2. The molecule has 0 aliphatic carbocycles. The Labute approximate surface area is 174 Å². The number of aliphatic hydroxyl groups excluding tert-OH is 1. The third-order valence-corrected chi connectivity index (χ3v) is 5.94. The Morgan fingerprint density at radius 3 is 2.39 bits per heavy atom. The first-order valence-electron chi connectivity index (χ1n) is 9.35. The van der Waals surface area contributed by atoms with Crippen LogP contribution in [0.3, 0.4) is 0 Å². The molecule has 0 radical (unpaired) electrons. The minimum atomic E-state index is -0.459. The molecule has 8 heteroatoms. The third-order valence-electron chi connectivity index (χ3n) is 5.45. The summed E-state index contributed by atoms with van der Waals surface area (Å²) in [5.41, 5.74) is 0.650. The Balaban J connectivity index is 1.36. The average molecular weight is 421 g/mol. The summed E-state index contributed by atoms with van der Waals surface area (Å²) in [5.74, 6) is 0.804. The Morgan fingerprint density at radius 1 is 1.00 bits per heavy atom. The molecular formula is C20H22Cl2N4O2. The van der Waals surface area contributed by atoms with Gasteiger partial charge in [0.05, 0.1) is 12.1 Å². The number of rotatable bonds is 3. The molecule has 1 amide bonds. The van der Waals surface area contributed by atoms with Gasteiger partial charge in [-0.1, -0.05) is 23.2 Å². The zero-order valence-corrected chi connectivity index (χ0v) is 16.9. The SMILES string of the molecule is O=C(c1ccc(Cl)cc1)N1CCN(C2CN(c3cc(Cl)ccn3)CC2O)CC1. The normalized spacial score (nSPS) is 23.2. The van der Waals surface area contributed by atoms with Gasteiger partial charge in [0.2, 0.25) is 0 Å². The summed E-state index contributed by atoms with van der Waals surface area (Å²) in [7, 11) is 0. The maximum atomic E-state index is 12.7. The van der Waals surface area contributed by atoms with E-state index in [0.717, 1.165) is 18.9 Å². The van der Waals surface area contributed by atoms with Gasteiger partial charge in [-0.05, 0) is 36.4 Å². The van der Waals surface area contributed by atoms with E-state index < -0.39 is 6.10 Å². The predicted molar refractivity (Wildman–Crippen MR) is 110 cm³/mol. The number of hydrogen-bond acceptors (Lipinski definition) is 5. The van der Waals surface area contributed by atoms with Crippen molar-refractivity contribution in [2.75, 3.05) is 44.2 Å². The Kier molecular flexibility index (Phi) is 5.73. The van der Waals surface area contributed by atoms with Crippen LogP contribution in [0.5, 0.6) is 0 Å². The highest BCUT2D eigenvalue weighted by atomic mass is 35.5. The van der Waals surface area contributed by atoms with E-state index in [1.807, 2.05) is 11.0 Å². The molecule has 0 saturated carbocycles. The second-order valence-corrected chi connectivity index (χ2v) is 8.08. The number of nitrogens with zero attached hydrogens (tertiary/aromatic N) is 4. The predicted octanol–water partition coefficient (Wildman–Crippen LogP) is 2.40. The fourth-order valence-corrected chi connectivity index (χ4v) is 4.19. The number of carbonyl (C=O) groups excluding carboxylic acids is 1. The highest BCUT2D eigenvalue weighted by Crippen LogP contribution is 2.25. The van der Waals surface area contributed by atoms with E-state index in [-0.39, 0.29) is 11.9 Å². The molecule has 3 heterocycles. The number of aromatic nitrogens is 1. The lowest BCUT2D eigenvalue weighted by Gasteiger charge is -2.38. The van der Waals surface area contributed by atoms with E-state index in [1.165, 1.54) is 0 Å². The summed E-state index contributed by atoms with van der Waals surface area (Å²) < 4.78 is 0. The quantitative estimate of drug-likeness (QED) is 0.825. The van der Waals surface area contributed by atoms with Crippen LogP contribution in [0.2, 0.25) is 10.0 Å². The van der Waals surface area contributed by atoms with Crippen molar-refractivity contribution in [3.05, 3.63) is 58.2 Å². The van der Waals surface area contributed by atoms with Crippen LogP contribution in [-0.4, -0.2) is 77.2 Å². The highest BCUT2D eigenvalue weighted by Gasteiger charge is 2.37. The van der Waals surface area contributed by atoms with E-state index >= 15 is 0 Å². The number of piperazine rings is 1. The van der Waals surface area contributed by atoms with E-state index in [4.69, 9.17) is 23.2 Å². The molecule has 2 atom stereocenters. The lowest BCUT2D eigenvalue weighted by molar-refractivity contribution is 0.0376. The number of β-amino-alcohol motifs (C(OH)–C–C–N with tert-alkyl or cyclic N) is 1. The fraction of sp³-hybridized carbons (Fsp3) is 0.400. The molecule has 2 fully saturated rings. The fourth-order valence-electron chi connectivity index (χ4n) is 3.91. The van der Waals surface area contributed by atoms with Crippen molar-refractivity contribution in [2.24, 2.45) is 0 Å². The van der Waals surface area contributed by atoms with Crippen molar-refractivity contribution in [1.29, 1.82) is 0 Å². The average Bonchev–Trinajstić information content (AvgIpc) is 3.10. The molecule has 148 valence electrons. The highest BCUT2D eigenvalue weighted by molar-refractivity contribution is 6.31. The van der Waals surface area contributed by atoms with Crippen molar-refractivity contribution in [3.8, 4) is 0 Å². The molecule has 2 saturated heterocycles. The minimum absolute atomic E-state index is 0.0213. The first-order chi connectivity index (χ1) is 13.5. The zero-order valence-electron chi connectivity index (χ0n) is 15.3. The van der Waals surface area contributed by atoms with Crippen LogP contribution in [0.15, 0.2) is 42.6 Å². The summed E-state index contributed by atoms with van der Waals surface area (Å²) in [6, 6.07) is 10.6. The Morgan fingerprint density at radius 2 is 1.71 bits per heavy atom. The van der Waals surface area contributed by atoms with Gasteiger partial charge in [0.1, 0.15) is 5.82 Å². The topological polar surface area (TPSA) is 59.9 Å². The molecule has 0 bridgehead atoms. The van der Waals surface area contributed by atoms with E-state index in [0.29, 0.717) is 41.8 Å². The van der Waals surface area contributed by atoms with Crippen LogP contribution in [0.1, 0.15) is 10.4 Å². The second kappa shape index (κ2) is 8.25. The number of benzene rings is 1. The van der Waals surface area contributed by atoms with Gasteiger partial charge in [-0.2, -0.15) is 0 Å². The first-order valence-corrected chi connectivity index (χ1v) is 10.1. The number of aliphatic hydroxyl groups is 1. The number of pyridine rings is 1. The largest absolute Gasteiger partial charge is 0.390 e. The number of carbonyl (C=O) groups is 1. The Hall–Kier alpha value is -1.86. The van der Waals surface area contributed by atoms with Crippen molar-refractivity contribution in [1.82, 2.24) is 14.8 Å². The number of hydrogen-bond donors (Lipinski definition) is 1. The number of amides is 1. The lowest BCUT2D eigenvalue weighted by Crippen LogP contribution is -2.54. The van der Waals surface area contributed by atoms with E-state index in [2.05, 4.69) is 14.8 Å². The van der Waals surface area contributed by atoms with E-state index in [1.54, 1.807) is 36.5 Å². The van der Waals surface area contributed by atoms with Crippen molar-refractivity contribution < 1.29 is 9.90 Å². The number of anilines is 1. The summed E-state index contributed by atoms with van der Waals surface area (Å²) >= 11 is 12.0. The summed E-state index contributed by atoms with van der Waals surface area (Å²) in [5, 5.41) is 11.8. The molecule has 1 N–H and O–H groups in total. The van der Waals surface area contributed by atoms with Crippen LogP contribution in [0.25, 0.3) is 0 Å². The minimum Gasteiger partial charge on any atom is -0.390 e. The first kappa shape index (κ1) is 19.5. The Bertz CT molecular complexity index is 840. The molecule has 2 aromatic rings. The second-order valence-electron chi connectivity index (χ2n) is 7.21. The lowest BCUT2D eigenvalue weighted by atomic mass is 10.1. The van der Waals surface area contributed by atoms with Crippen molar-refractivity contribution in [3.63, 3.8) is 0 Å². The van der Waals surface area contributed by atoms with Crippen molar-refractivity contribution >= 4 is 34.9 Å². The molecule has 2 unspecified atom stereocenters. The molecule has 1 aromatic carbocycles. The maximum Gasteiger partial charge on any atom is 0.253 e. The molecule has 6 nitrogen and oxygen atoms in total. The van der Waals surface area contributed by atoms with Gasteiger partial charge < -0.3 is 14.9 Å². The summed E-state index contributed by atoms with van der Waals surface area (Å²) in [6.45, 7) is 3.97. The maximum absolute atomic E-state index is 12.7. The van der Waals surface area contributed by atoms with Gasteiger partial charge in [-0.15, -0.1) is 0 Å². The van der Waals surface area contributed by atoms with Gasteiger partial charge in [-0.25, -0.2) is 4.98 Å². The van der Waals surface area contributed by atoms with Crippen LogP contribution in [0.4, 0.5) is 5.82 Å². The molecule has 2 aliphatic heterocycles. The molecule has 2 aliphatic rings. The van der Waals surface area contributed by atoms with Gasteiger partial charge in [-0.3, -0.25) is 9.69 Å². The molecule has 0 spiro atoms.